The van der Waals surface area contributed by atoms with Crippen LogP contribution in [0.5, 0.6) is 0 Å². The predicted molar refractivity (Wildman–Crippen MR) is 180 cm³/mol. The van der Waals surface area contributed by atoms with Gasteiger partial charge in [-0.05, 0) is 62.1 Å². The SMILES string of the molecule is CC(=O)c1cccc(N2C[C@@H](C(=O)N[C@@H](Cc3ccccc3)[C@H](O)CN(CC(C)C)S(=O)(=O)c3ccc4nc(C)sc4c3)OC2=O)c1. The molecule has 2 N–H and O–H groups in total. The van der Waals surface area contributed by atoms with Gasteiger partial charge in [0.25, 0.3) is 5.91 Å². The van der Waals surface area contributed by atoms with Crippen molar-refractivity contribution in [2.75, 3.05) is 24.5 Å². The molecule has 5 rings (SSSR count). The van der Waals surface area contributed by atoms with E-state index in [1.54, 1.807) is 36.4 Å². The smallest absolute Gasteiger partial charge is 0.415 e. The number of anilines is 1. The summed E-state index contributed by atoms with van der Waals surface area (Å²) in [4.78, 5) is 44.0. The van der Waals surface area contributed by atoms with Gasteiger partial charge in [0.1, 0.15) is 0 Å². The summed E-state index contributed by atoms with van der Waals surface area (Å²) in [5, 5.41) is 15.3. The number of nitrogens with zero attached hydrogens (tertiary/aromatic N) is 3. The largest absolute Gasteiger partial charge is 0.434 e. The summed E-state index contributed by atoms with van der Waals surface area (Å²) < 4.78 is 35.3. The Morgan fingerprint density at radius 3 is 2.53 bits per heavy atom. The molecule has 2 heterocycles. The normalized spacial score (nSPS) is 16.4. The number of ketones is 1. The van der Waals surface area contributed by atoms with E-state index in [-0.39, 0.29) is 42.7 Å². The lowest BCUT2D eigenvalue weighted by atomic mass is 10.0. The van der Waals surface area contributed by atoms with Crippen LogP contribution in [0.4, 0.5) is 10.5 Å². The number of rotatable bonds is 13. The van der Waals surface area contributed by atoms with Crippen LogP contribution >= 0.6 is 11.3 Å². The maximum atomic E-state index is 14.0. The third-order valence-electron chi connectivity index (χ3n) is 7.82. The Morgan fingerprint density at radius 2 is 1.83 bits per heavy atom. The lowest BCUT2D eigenvalue weighted by Crippen LogP contribution is -2.53. The molecular weight excluding hydrogens is 641 g/mol. The zero-order chi connectivity index (χ0) is 33.9. The highest BCUT2D eigenvalue weighted by molar-refractivity contribution is 7.89. The van der Waals surface area contributed by atoms with E-state index in [4.69, 9.17) is 4.74 Å². The van der Waals surface area contributed by atoms with Crippen LogP contribution in [0.2, 0.25) is 0 Å². The van der Waals surface area contributed by atoms with Gasteiger partial charge >= 0.3 is 6.09 Å². The van der Waals surface area contributed by atoms with E-state index in [1.807, 2.05) is 51.1 Å². The second kappa shape index (κ2) is 14.3. The molecule has 1 aromatic heterocycles. The van der Waals surface area contributed by atoms with Crippen LogP contribution in [0.25, 0.3) is 10.2 Å². The number of nitrogens with one attached hydrogen (secondary N) is 1. The minimum atomic E-state index is -4.04. The van der Waals surface area contributed by atoms with Gasteiger partial charge < -0.3 is 15.2 Å². The molecule has 0 bridgehead atoms. The van der Waals surface area contributed by atoms with Gasteiger partial charge in [-0.25, -0.2) is 18.2 Å². The van der Waals surface area contributed by atoms with Crippen molar-refractivity contribution in [1.29, 1.82) is 0 Å². The summed E-state index contributed by atoms with van der Waals surface area (Å²) in [6.07, 6.45) is -3.06. The lowest BCUT2D eigenvalue weighted by Gasteiger charge is -2.31. The van der Waals surface area contributed by atoms with E-state index in [0.29, 0.717) is 16.8 Å². The van der Waals surface area contributed by atoms with E-state index >= 15 is 0 Å². The van der Waals surface area contributed by atoms with Crippen molar-refractivity contribution in [3.05, 3.63) is 88.9 Å². The van der Waals surface area contributed by atoms with Gasteiger partial charge in [-0.1, -0.05) is 56.3 Å². The standard InChI is InChI=1S/C34H38N4O7S2/c1-21(2)18-37(47(43,44)27-13-14-28-32(17-27)46-23(4)35-28)19-30(40)29(15-24-9-6-5-7-10-24)36-33(41)31-20-38(34(42)45-31)26-12-8-11-25(16-26)22(3)39/h5-14,16-17,21,29-31,40H,15,18-20H2,1-4H3,(H,36,41)/t29-,30+,31-/m0/s1. The van der Waals surface area contributed by atoms with Crippen LogP contribution < -0.4 is 10.2 Å². The number of aliphatic hydroxyl groups excluding tert-OH is 1. The Labute approximate surface area is 278 Å². The number of benzene rings is 3. The second-order valence-corrected chi connectivity index (χ2v) is 15.2. The first kappa shape index (κ1) is 34.2. The Balaban J connectivity index is 1.37. The number of fused-ring (bicyclic) bond motifs is 1. The number of hydrogen-bond acceptors (Lipinski definition) is 9. The average Bonchev–Trinajstić information content (AvgIpc) is 3.61. The van der Waals surface area contributed by atoms with Gasteiger partial charge in [0, 0.05) is 24.3 Å². The fraction of sp³-hybridized carbons (Fsp3) is 0.353. The first-order chi connectivity index (χ1) is 22.3. The number of cyclic esters (lactones) is 1. The van der Waals surface area contributed by atoms with Crippen LogP contribution in [0, 0.1) is 12.8 Å². The third kappa shape index (κ3) is 8.04. The third-order valence-corrected chi connectivity index (χ3v) is 10.6. The van der Waals surface area contributed by atoms with Gasteiger partial charge in [0.2, 0.25) is 10.0 Å². The van der Waals surface area contributed by atoms with Crippen molar-refractivity contribution < 1.29 is 32.6 Å². The molecule has 2 amide bonds. The van der Waals surface area contributed by atoms with Gasteiger partial charge in [0.15, 0.2) is 11.9 Å². The predicted octanol–water partition coefficient (Wildman–Crippen LogP) is 4.57. The Hall–Kier alpha value is -4.17. The summed E-state index contributed by atoms with van der Waals surface area (Å²) in [6, 6.07) is 19.6. The Morgan fingerprint density at radius 1 is 1.09 bits per heavy atom. The van der Waals surface area contributed by atoms with Crippen LogP contribution in [0.3, 0.4) is 0 Å². The Bertz CT molecular complexity index is 1880. The molecular formula is C34H38N4O7S2. The number of amides is 2. The Kier molecular flexibility index (Phi) is 10.4. The highest BCUT2D eigenvalue weighted by atomic mass is 32.2. The number of carbonyl (C=O) groups is 3. The molecule has 248 valence electrons. The molecule has 4 aromatic rings. The number of ether oxygens (including phenoxy) is 1. The maximum Gasteiger partial charge on any atom is 0.415 e. The topological polar surface area (TPSA) is 146 Å². The summed E-state index contributed by atoms with van der Waals surface area (Å²) in [7, 11) is -4.04. The molecule has 0 aliphatic carbocycles. The van der Waals surface area contributed by atoms with E-state index < -0.39 is 40.3 Å². The van der Waals surface area contributed by atoms with E-state index in [1.165, 1.54) is 33.5 Å². The fourth-order valence-corrected chi connectivity index (χ4v) is 8.06. The zero-order valence-electron chi connectivity index (χ0n) is 26.6. The number of thiazole rings is 1. The average molecular weight is 679 g/mol. The molecule has 0 unspecified atom stereocenters. The molecule has 13 heteroatoms. The molecule has 0 radical (unpaired) electrons. The van der Waals surface area contributed by atoms with Crippen LogP contribution in [-0.2, 0) is 26.0 Å². The molecule has 47 heavy (non-hydrogen) atoms. The first-order valence-electron chi connectivity index (χ1n) is 15.3. The second-order valence-electron chi connectivity index (χ2n) is 12.0. The van der Waals surface area contributed by atoms with Gasteiger partial charge in [-0.15, -0.1) is 11.3 Å². The van der Waals surface area contributed by atoms with Crippen molar-refractivity contribution in [1.82, 2.24) is 14.6 Å². The van der Waals surface area contributed by atoms with Crippen LogP contribution in [0.1, 0.15) is 41.7 Å². The molecule has 0 saturated carbocycles. The number of hydrogen-bond donors (Lipinski definition) is 2. The number of aryl methyl sites for hydroxylation is 1. The molecule has 1 aliphatic heterocycles. The summed E-state index contributed by atoms with van der Waals surface area (Å²) in [5.74, 6) is -0.856. The van der Waals surface area contributed by atoms with Crippen molar-refractivity contribution in [2.24, 2.45) is 5.92 Å². The maximum absolute atomic E-state index is 14.0. The zero-order valence-corrected chi connectivity index (χ0v) is 28.3. The van der Waals surface area contributed by atoms with Crippen molar-refractivity contribution in [3.63, 3.8) is 0 Å². The van der Waals surface area contributed by atoms with Gasteiger partial charge in [-0.3, -0.25) is 14.5 Å². The van der Waals surface area contributed by atoms with Crippen molar-refractivity contribution in [2.45, 2.75) is 57.3 Å². The van der Waals surface area contributed by atoms with E-state index in [2.05, 4.69) is 10.3 Å². The van der Waals surface area contributed by atoms with Crippen LogP contribution in [0.15, 0.2) is 77.7 Å². The highest BCUT2D eigenvalue weighted by Crippen LogP contribution is 2.28. The van der Waals surface area contributed by atoms with Gasteiger partial charge in [0.05, 0.1) is 38.8 Å². The number of Topliss-reactive ketones (excluding diaryl/α,β-unsaturated/α-hetero) is 1. The number of carbonyl (C=O) groups excluding carboxylic acids is 3. The number of aliphatic hydroxyl groups is 1. The monoisotopic (exact) mass is 678 g/mol. The van der Waals surface area contributed by atoms with E-state index in [9.17, 15) is 27.9 Å². The summed E-state index contributed by atoms with van der Waals surface area (Å²) >= 11 is 1.40. The van der Waals surface area contributed by atoms with Gasteiger partial charge in [-0.2, -0.15) is 4.31 Å². The lowest BCUT2D eigenvalue weighted by molar-refractivity contribution is -0.129. The molecule has 3 aromatic carbocycles. The molecule has 1 fully saturated rings. The summed E-state index contributed by atoms with van der Waals surface area (Å²) in [6.45, 7) is 6.81. The quantitative estimate of drug-likeness (QED) is 0.196. The number of aromatic nitrogens is 1. The molecule has 1 aliphatic rings. The molecule has 3 atom stereocenters. The minimum absolute atomic E-state index is 0.0566. The first-order valence-corrected chi connectivity index (χ1v) is 17.6. The minimum Gasteiger partial charge on any atom is -0.434 e. The fourth-order valence-electron chi connectivity index (χ4n) is 5.47. The van der Waals surface area contributed by atoms with Crippen molar-refractivity contribution in [3.8, 4) is 0 Å². The van der Waals surface area contributed by atoms with Crippen LogP contribution in [-0.4, -0.2) is 78.5 Å². The molecule has 11 nitrogen and oxygen atoms in total. The summed E-state index contributed by atoms with van der Waals surface area (Å²) in [5.41, 5.74) is 2.36. The highest BCUT2D eigenvalue weighted by Gasteiger charge is 2.39. The van der Waals surface area contributed by atoms with E-state index in [0.717, 1.165) is 15.3 Å². The number of sulfonamides is 1. The molecule has 0 spiro atoms. The molecule has 1 saturated heterocycles. The van der Waals surface area contributed by atoms with Crippen molar-refractivity contribution >= 4 is 55.0 Å².